The molecule has 1 aromatic carbocycles. The second-order valence-electron chi connectivity index (χ2n) is 3.99. The Morgan fingerprint density at radius 3 is 2.33 bits per heavy atom. The van der Waals surface area contributed by atoms with Gasteiger partial charge in [0.1, 0.15) is 0 Å². The van der Waals surface area contributed by atoms with Gasteiger partial charge < -0.3 is 4.90 Å². The van der Waals surface area contributed by atoms with Crippen molar-refractivity contribution < 1.29 is 18.0 Å². The summed E-state index contributed by atoms with van der Waals surface area (Å²) in [6.45, 7) is 0.309. The zero-order chi connectivity index (χ0) is 13.8. The van der Waals surface area contributed by atoms with Crippen molar-refractivity contribution in [2.75, 3.05) is 7.05 Å². The number of halogens is 4. The largest absolute Gasteiger partial charge is 0.389 e. The molecule has 1 amide bonds. The molecule has 0 fully saturated rings. The van der Waals surface area contributed by atoms with Crippen LogP contribution >= 0.6 is 15.9 Å². The van der Waals surface area contributed by atoms with E-state index in [0.29, 0.717) is 6.54 Å². The maximum atomic E-state index is 12.0. The van der Waals surface area contributed by atoms with Gasteiger partial charge in [-0.2, -0.15) is 13.2 Å². The molecule has 0 spiro atoms. The minimum atomic E-state index is -4.28. The van der Waals surface area contributed by atoms with Crippen LogP contribution in [0.15, 0.2) is 28.7 Å². The number of benzene rings is 1. The highest BCUT2D eigenvalue weighted by Crippen LogP contribution is 2.22. The molecule has 100 valence electrons. The third-order valence-electron chi connectivity index (χ3n) is 2.38. The molecule has 0 aromatic heterocycles. The van der Waals surface area contributed by atoms with E-state index in [-0.39, 0.29) is 0 Å². The normalized spacial score (nSPS) is 11.4. The molecule has 0 radical (unpaired) electrons. The smallest absolute Gasteiger partial charge is 0.341 e. The van der Waals surface area contributed by atoms with Crippen LogP contribution in [0.4, 0.5) is 13.2 Å². The average Bonchev–Trinajstić information content (AvgIpc) is 2.28. The van der Waals surface area contributed by atoms with Gasteiger partial charge >= 0.3 is 6.18 Å². The zero-order valence-corrected chi connectivity index (χ0v) is 11.4. The maximum Gasteiger partial charge on any atom is 0.389 e. The van der Waals surface area contributed by atoms with Crippen molar-refractivity contribution in [1.82, 2.24) is 4.90 Å². The first kappa shape index (κ1) is 15.0. The highest BCUT2D eigenvalue weighted by Gasteiger charge is 2.28. The summed E-state index contributed by atoms with van der Waals surface area (Å²) in [5.74, 6) is -0.504. The van der Waals surface area contributed by atoms with Crippen LogP contribution in [0.25, 0.3) is 0 Å². The zero-order valence-electron chi connectivity index (χ0n) is 9.80. The first-order valence-corrected chi connectivity index (χ1v) is 6.12. The van der Waals surface area contributed by atoms with Crippen molar-refractivity contribution in [3.8, 4) is 0 Å². The topological polar surface area (TPSA) is 20.3 Å². The van der Waals surface area contributed by atoms with E-state index in [2.05, 4.69) is 15.9 Å². The number of amides is 1. The molecule has 0 aliphatic rings. The fourth-order valence-corrected chi connectivity index (χ4v) is 1.66. The minimum absolute atomic E-state index is 0.309. The Balaban J connectivity index is 2.47. The molecule has 0 saturated carbocycles. The number of carbonyl (C=O) groups excluding carboxylic acids is 1. The van der Waals surface area contributed by atoms with Crippen molar-refractivity contribution >= 4 is 21.8 Å². The van der Waals surface area contributed by atoms with E-state index >= 15 is 0 Å². The molecule has 0 unspecified atom stereocenters. The van der Waals surface area contributed by atoms with Crippen molar-refractivity contribution in [3.63, 3.8) is 0 Å². The Hall–Kier alpha value is -1.04. The summed E-state index contributed by atoms with van der Waals surface area (Å²) in [5, 5.41) is 0. The average molecular weight is 324 g/mol. The van der Waals surface area contributed by atoms with Crippen LogP contribution in [-0.2, 0) is 11.3 Å². The Morgan fingerprint density at radius 1 is 1.28 bits per heavy atom. The molecule has 2 nitrogen and oxygen atoms in total. The molecule has 0 aliphatic carbocycles. The third-order valence-corrected chi connectivity index (χ3v) is 2.91. The molecule has 18 heavy (non-hydrogen) atoms. The van der Waals surface area contributed by atoms with E-state index < -0.39 is 24.9 Å². The van der Waals surface area contributed by atoms with E-state index in [0.717, 1.165) is 10.0 Å². The van der Waals surface area contributed by atoms with Gasteiger partial charge in [-0.25, -0.2) is 0 Å². The van der Waals surface area contributed by atoms with Crippen molar-refractivity contribution in [1.29, 1.82) is 0 Å². The summed E-state index contributed by atoms with van der Waals surface area (Å²) in [4.78, 5) is 12.8. The molecule has 0 saturated heterocycles. The van der Waals surface area contributed by atoms with Gasteiger partial charge in [0.2, 0.25) is 5.91 Å². The number of hydrogen-bond acceptors (Lipinski definition) is 1. The Bertz CT molecular complexity index is 403. The van der Waals surface area contributed by atoms with E-state index in [9.17, 15) is 18.0 Å². The molecule has 0 N–H and O–H groups in total. The van der Waals surface area contributed by atoms with Gasteiger partial charge in [-0.15, -0.1) is 0 Å². The second kappa shape index (κ2) is 6.22. The molecule has 1 rings (SSSR count). The number of carbonyl (C=O) groups is 1. The van der Waals surface area contributed by atoms with Gasteiger partial charge in [0.05, 0.1) is 6.42 Å². The standard InChI is InChI=1S/C12H13BrF3NO/c1-17(11(18)6-7-12(14,15)16)8-9-2-4-10(13)5-3-9/h2-5H,6-8H2,1H3. The van der Waals surface area contributed by atoms with Crippen molar-refractivity contribution in [2.24, 2.45) is 0 Å². The van der Waals surface area contributed by atoms with Gasteiger partial charge in [-0.3, -0.25) is 4.79 Å². The van der Waals surface area contributed by atoms with Gasteiger partial charge in [0.25, 0.3) is 0 Å². The number of hydrogen-bond donors (Lipinski definition) is 0. The summed E-state index contributed by atoms with van der Waals surface area (Å²) >= 11 is 3.28. The molecule has 0 heterocycles. The van der Waals surface area contributed by atoms with E-state index in [1.165, 1.54) is 11.9 Å². The minimum Gasteiger partial charge on any atom is -0.341 e. The van der Waals surface area contributed by atoms with Crippen LogP contribution < -0.4 is 0 Å². The predicted octanol–water partition coefficient (Wildman–Crippen LogP) is 3.75. The van der Waals surface area contributed by atoms with Gasteiger partial charge in [0.15, 0.2) is 0 Å². The van der Waals surface area contributed by atoms with Crippen LogP contribution in [0.5, 0.6) is 0 Å². The van der Waals surface area contributed by atoms with Crippen molar-refractivity contribution in [2.45, 2.75) is 25.6 Å². The highest BCUT2D eigenvalue weighted by molar-refractivity contribution is 9.10. The lowest BCUT2D eigenvalue weighted by atomic mass is 10.2. The first-order chi connectivity index (χ1) is 8.28. The molecular weight excluding hydrogens is 311 g/mol. The number of rotatable bonds is 4. The van der Waals surface area contributed by atoms with Gasteiger partial charge in [0, 0.05) is 24.5 Å². The molecule has 0 bridgehead atoms. The summed E-state index contributed by atoms with van der Waals surface area (Å²) in [5.41, 5.74) is 0.876. The second-order valence-corrected chi connectivity index (χ2v) is 4.91. The van der Waals surface area contributed by atoms with Crippen molar-refractivity contribution in [3.05, 3.63) is 34.3 Å². The van der Waals surface area contributed by atoms with E-state index in [4.69, 9.17) is 0 Å². The van der Waals surface area contributed by atoms with Gasteiger partial charge in [-0.05, 0) is 17.7 Å². The summed E-state index contributed by atoms with van der Waals surface area (Å²) in [7, 11) is 1.50. The lowest BCUT2D eigenvalue weighted by Crippen LogP contribution is -2.27. The SMILES string of the molecule is CN(Cc1ccc(Br)cc1)C(=O)CCC(F)(F)F. The van der Waals surface area contributed by atoms with Crippen LogP contribution in [0.1, 0.15) is 18.4 Å². The first-order valence-electron chi connectivity index (χ1n) is 5.33. The molecule has 0 atom stereocenters. The van der Waals surface area contributed by atoms with E-state index in [1.54, 1.807) is 0 Å². The molecular formula is C12H13BrF3NO. The monoisotopic (exact) mass is 323 g/mol. The fraction of sp³-hybridized carbons (Fsp3) is 0.417. The summed E-state index contributed by atoms with van der Waals surface area (Å²) in [6, 6.07) is 7.28. The summed E-state index contributed by atoms with van der Waals surface area (Å²) < 4.78 is 36.8. The Labute approximate surface area is 112 Å². The fourth-order valence-electron chi connectivity index (χ4n) is 1.39. The quantitative estimate of drug-likeness (QED) is 0.826. The lowest BCUT2D eigenvalue weighted by molar-refractivity contribution is -0.148. The predicted molar refractivity (Wildman–Crippen MR) is 65.9 cm³/mol. The van der Waals surface area contributed by atoms with Crippen LogP contribution in [0.3, 0.4) is 0 Å². The van der Waals surface area contributed by atoms with Crippen LogP contribution in [0.2, 0.25) is 0 Å². The van der Waals surface area contributed by atoms with Gasteiger partial charge in [-0.1, -0.05) is 28.1 Å². The molecule has 0 aliphatic heterocycles. The lowest BCUT2D eigenvalue weighted by Gasteiger charge is -2.17. The number of nitrogens with zero attached hydrogens (tertiary/aromatic N) is 1. The Morgan fingerprint density at radius 2 is 1.83 bits per heavy atom. The van der Waals surface area contributed by atoms with Crippen LogP contribution in [0, 0.1) is 0 Å². The number of alkyl halides is 3. The Kier molecular flexibility index (Phi) is 5.19. The molecule has 6 heteroatoms. The summed E-state index contributed by atoms with van der Waals surface area (Å²) in [6.07, 6.45) is -5.86. The third kappa shape index (κ3) is 5.53. The maximum absolute atomic E-state index is 12.0. The highest BCUT2D eigenvalue weighted by atomic mass is 79.9. The van der Waals surface area contributed by atoms with Crippen LogP contribution in [-0.4, -0.2) is 24.0 Å². The van der Waals surface area contributed by atoms with E-state index in [1.807, 2.05) is 24.3 Å². The molecule has 1 aromatic rings.